The van der Waals surface area contributed by atoms with Gasteiger partial charge < -0.3 is 24.4 Å². The summed E-state index contributed by atoms with van der Waals surface area (Å²) in [6.07, 6.45) is 3.92. The van der Waals surface area contributed by atoms with Gasteiger partial charge in [-0.25, -0.2) is 0 Å². The average Bonchev–Trinajstić information content (AvgIpc) is 3.53. The zero-order valence-corrected chi connectivity index (χ0v) is 22.4. The molecule has 1 N–H and O–H groups in total. The normalized spacial score (nSPS) is 20.1. The van der Waals surface area contributed by atoms with Crippen LogP contribution in [-0.2, 0) is 11.2 Å². The van der Waals surface area contributed by atoms with Gasteiger partial charge in [0, 0.05) is 63.1 Å². The number of nitriles is 1. The molecule has 0 saturated carbocycles. The summed E-state index contributed by atoms with van der Waals surface area (Å²) in [4.78, 5) is 28.4. The van der Waals surface area contributed by atoms with Crippen molar-refractivity contribution in [1.29, 1.82) is 5.26 Å². The summed E-state index contributed by atoms with van der Waals surface area (Å²) >= 11 is 12.4. The van der Waals surface area contributed by atoms with E-state index in [4.69, 9.17) is 32.7 Å². The van der Waals surface area contributed by atoms with Crippen LogP contribution in [0.1, 0.15) is 47.2 Å². The van der Waals surface area contributed by atoms with E-state index in [1.165, 1.54) is 22.6 Å². The van der Waals surface area contributed by atoms with Crippen molar-refractivity contribution in [1.82, 2.24) is 9.80 Å². The number of benzene rings is 2. The lowest BCUT2D eigenvalue weighted by Crippen LogP contribution is -2.47. The Kier molecular flexibility index (Phi) is 7.71. The SMILES string of the molecule is N#Cc1cc(C(=O)N2CC[C@@H](C(=O)O)C2)c(OCCCN2CCC3(CC2)Cc2cc(Cl)ccc2O3)cc1Cl. The maximum absolute atomic E-state index is 13.2. The van der Waals surface area contributed by atoms with Gasteiger partial charge in [0.1, 0.15) is 23.2 Å². The maximum atomic E-state index is 13.2. The van der Waals surface area contributed by atoms with Crippen LogP contribution in [0.3, 0.4) is 0 Å². The molecule has 38 heavy (non-hydrogen) atoms. The molecule has 3 aliphatic heterocycles. The second-order valence-corrected chi connectivity index (χ2v) is 11.1. The molecule has 2 saturated heterocycles. The number of carbonyl (C=O) groups excluding carboxylic acids is 1. The van der Waals surface area contributed by atoms with Crippen LogP contribution in [0.15, 0.2) is 30.3 Å². The molecular formula is C28H29Cl2N3O5. The van der Waals surface area contributed by atoms with Crippen molar-refractivity contribution in [2.24, 2.45) is 5.92 Å². The number of carbonyl (C=O) groups is 2. The molecule has 2 fully saturated rings. The molecule has 1 amide bonds. The topological polar surface area (TPSA) is 103 Å². The number of likely N-dealkylation sites (tertiary alicyclic amines) is 2. The number of aliphatic carboxylic acids is 1. The number of ether oxygens (including phenoxy) is 2. The van der Waals surface area contributed by atoms with Gasteiger partial charge in [0.2, 0.25) is 0 Å². The zero-order valence-electron chi connectivity index (χ0n) is 20.9. The maximum Gasteiger partial charge on any atom is 0.308 e. The average molecular weight is 558 g/mol. The lowest BCUT2D eigenvalue weighted by atomic mass is 9.87. The molecule has 0 aromatic heterocycles. The summed E-state index contributed by atoms with van der Waals surface area (Å²) in [7, 11) is 0. The fraction of sp³-hybridized carbons (Fsp3) is 0.464. The van der Waals surface area contributed by atoms with Gasteiger partial charge in [0.15, 0.2) is 0 Å². The van der Waals surface area contributed by atoms with E-state index in [0.717, 1.165) is 56.1 Å². The van der Waals surface area contributed by atoms with E-state index >= 15 is 0 Å². The molecule has 5 rings (SSSR count). The van der Waals surface area contributed by atoms with E-state index in [1.54, 1.807) is 0 Å². The first-order valence-electron chi connectivity index (χ1n) is 12.9. The minimum atomic E-state index is -0.914. The number of nitrogens with zero attached hydrogens (tertiary/aromatic N) is 3. The van der Waals surface area contributed by atoms with Crippen molar-refractivity contribution < 1.29 is 24.2 Å². The number of carboxylic acids is 1. The van der Waals surface area contributed by atoms with Crippen LogP contribution in [-0.4, -0.2) is 71.7 Å². The fourth-order valence-corrected chi connectivity index (χ4v) is 5.97. The van der Waals surface area contributed by atoms with Crippen LogP contribution < -0.4 is 9.47 Å². The Bertz CT molecular complexity index is 1290. The number of hydrogen-bond acceptors (Lipinski definition) is 6. The van der Waals surface area contributed by atoms with Gasteiger partial charge in [0.05, 0.1) is 28.7 Å². The van der Waals surface area contributed by atoms with E-state index < -0.39 is 11.9 Å². The highest BCUT2D eigenvalue weighted by Crippen LogP contribution is 2.42. The Morgan fingerprint density at radius 3 is 2.68 bits per heavy atom. The Labute approximate surface area is 231 Å². The number of halogens is 2. The van der Waals surface area contributed by atoms with Gasteiger partial charge in [0.25, 0.3) is 5.91 Å². The van der Waals surface area contributed by atoms with Gasteiger partial charge in [-0.05, 0) is 42.7 Å². The summed E-state index contributed by atoms with van der Waals surface area (Å²) in [6.45, 7) is 3.55. The van der Waals surface area contributed by atoms with Crippen LogP contribution in [0.4, 0.5) is 0 Å². The standard InChI is InChI=1S/C28H29Cl2N3O5/c29-21-2-3-24-19(12-21)15-28(38-24)5-9-32(10-6-28)7-1-11-37-25-14-23(30)20(16-31)13-22(25)26(34)33-8-4-18(17-33)27(35)36/h2-3,12-14,18H,1,4-11,15,17H2,(H,35,36)/t18-/m1/s1. The zero-order chi connectivity index (χ0) is 26.9. The van der Waals surface area contributed by atoms with Gasteiger partial charge in [-0.2, -0.15) is 5.26 Å². The predicted molar refractivity (Wildman–Crippen MR) is 142 cm³/mol. The van der Waals surface area contributed by atoms with E-state index in [1.807, 2.05) is 24.3 Å². The molecule has 2 aromatic carbocycles. The smallest absolute Gasteiger partial charge is 0.308 e. The Morgan fingerprint density at radius 1 is 1.18 bits per heavy atom. The van der Waals surface area contributed by atoms with Crippen LogP contribution in [0.5, 0.6) is 11.5 Å². The number of rotatable bonds is 7. The van der Waals surface area contributed by atoms with Crippen molar-refractivity contribution in [2.45, 2.75) is 37.7 Å². The molecule has 0 radical (unpaired) electrons. The van der Waals surface area contributed by atoms with Crippen molar-refractivity contribution >= 4 is 35.1 Å². The quantitative estimate of drug-likeness (QED) is 0.494. The van der Waals surface area contributed by atoms with Crippen molar-refractivity contribution in [3.63, 3.8) is 0 Å². The first-order valence-corrected chi connectivity index (χ1v) is 13.6. The summed E-state index contributed by atoms with van der Waals surface area (Å²) in [5.41, 5.74) is 1.44. The van der Waals surface area contributed by atoms with Crippen molar-refractivity contribution in [3.8, 4) is 17.6 Å². The first-order chi connectivity index (χ1) is 18.3. The van der Waals surface area contributed by atoms with E-state index in [9.17, 15) is 20.0 Å². The second-order valence-electron chi connectivity index (χ2n) is 10.3. The van der Waals surface area contributed by atoms with Crippen molar-refractivity contribution in [3.05, 3.63) is 57.1 Å². The van der Waals surface area contributed by atoms with Gasteiger partial charge in [-0.15, -0.1) is 0 Å². The molecule has 0 bridgehead atoms. The lowest BCUT2D eigenvalue weighted by Gasteiger charge is -2.38. The summed E-state index contributed by atoms with van der Waals surface area (Å²) in [6, 6.07) is 10.8. The highest BCUT2D eigenvalue weighted by Gasteiger charge is 2.42. The molecule has 10 heteroatoms. The third kappa shape index (κ3) is 5.56. The molecule has 1 spiro atoms. The Hall–Kier alpha value is -2.99. The highest BCUT2D eigenvalue weighted by atomic mass is 35.5. The molecule has 3 aliphatic rings. The van der Waals surface area contributed by atoms with Gasteiger partial charge in [-0.1, -0.05) is 23.2 Å². The third-order valence-electron chi connectivity index (χ3n) is 7.75. The molecular weight excluding hydrogens is 529 g/mol. The third-order valence-corrected chi connectivity index (χ3v) is 8.30. The fourth-order valence-electron chi connectivity index (χ4n) is 5.58. The minimum Gasteiger partial charge on any atom is -0.493 e. The molecule has 8 nitrogen and oxygen atoms in total. The molecule has 2 aromatic rings. The van der Waals surface area contributed by atoms with E-state index in [2.05, 4.69) is 4.90 Å². The van der Waals surface area contributed by atoms with Crippen molar-refractivity contribution in [2.75, 3.05) is 39.3 Å². The van der Waals surface area contributed by atoms with E-state index in [0.29, 0.717) is 25.3 Å². The van der Waals surface area contributed by atoms with Gasteiger partial charge in [-0.3, -0.25) is 9.59 Å². The minimum absolute atomic E-state index is 0.135. The molecule has 0 aliphatic carbocycles. The summed E-state index contributed by atoms with van der Waals surface area (Å²) in [5.74, 6) is -0.600. The van der Waals surface area contributed by atoms with Crippen LogP contribution in [0.25, 0.3) is 0 Å². The van der Waals surface area contributed by atoms with Crippen LogP contribution in [0, 0.1) is 17.2 Å². The highest BCUT2D eigenvalue weighted by molar-refractivity contribution is 6.32. The van der Waals surface area contributed by atoms with E-state index in [-0.39, 0.29) is 34.2 Å². The predicted octanol–water partition coefficient (Wildman–Crippen LogP) is 4.65. The molecule has 1 atom stereocenters. The summed E-state index contributed by atoms with van der Waals surface area (Å²) in [5, 5.41) is 19.6. The Balaban J connectivity index is 1.14. The molecule has 200 valence electrons. The van der Waals surface area contributed by atoms with Gasteiger partial charge >= 0.3 is 5.97 Å². The number of hydrogen-bond donors (Lipinski definition) is 1. The van der Waals surface area contributed by atoms with Crippen LogP contribution in [0.2, 0.25) is 10.0 Å². The Morgan fingerprint density at radius 2 is 1.97 bits per heavy atom. The number of fused-ring (bicyclic) bond motifs is 1. The lowest BCUT2D eigenvalue weighted by molar-refractivity contribution is -0.141. The molecule has 3 heterocycles. The largest absolute Gasteiger partial charge is 0.493 e. The summed E-state index contributed by atoms with van der Waals surface area (Å²) < 4.78 is 12.3. The number of amides is 1. The number of carboxylic acid groups (broad SMARTS) is 1. The first kappa shape index (κ1) is 26.6. The second kappa shape index (κ2) is 11.0. The molecule has 0 unspecified atom stereocenters. The van der Waals surface area contributed by atoms with Crippen LogP contribution >= 0.6 is 23.2 Å². The number of piperidine rings is 1. The monoisotopic (exact) mass is 557 g/mol.